The van der Waals surface area contributed by atoms with Crippen LogP contribution in [-0.4, -0.2) is 127 Å². The molecule has 0 aliphatic carbocycles. The van der Waals surface area contributed by atoms with Gasteiger partial charge in [-0.3, -0.25) is 4.18 Å². The van der Waals surface area contributed by atoms with Gasteiger partial charge in [0.05, 0.1) is 117 Å². The first kappa shape index (κ1) is 37.0. The van der Waals surface area contributed by atoms with E-state index in [9.17, 15) is 8.42 Å². The normalized spacial score (nSPS) is 11.6. The third kappa shape index (κ3) is 21.2. The fourth-order valence-corrected chi connectivity index (χ4v) is 4.15. The second kappa shape index (κ2) is 26.3. The highest BCUT2D eigenvalue weighted by molar-refractivity contribution is 7.86. The molecular weight excluding hydrogens is 584 g/mol. The molecule has 0 saturated heterocycles. The van der Waals surface area contributed by atoms with Crippen LogP contribution in [0.4, 0.5) is 0 Å². The number of para-hydroxylation sites is 1. The lowest BCUT2D eigenvalue weighted by atomic mass is 10.3. The molecule has 0 unspecified atom stereocenters. The summed E-state index contributed by atoms with van der Waals surface area (Å²) in [6.07, 6.45) is 0. The SMILES string of the molecule is O=S(=O)(OCCOCCOCCOCCOCCOCCOCCOCCOCCOc1ccccc1)c1ccccc1. The molecule has 244 valence electrons. The summed E-state index contributed by atoms with van der Waals surface area (Å²) in [6.45, 7) is 7.60. The van der Waals surface area contributed by atoms with Crippen molar-refractivity contribution in [3.05, 3.63) is 60.7 Å². The number of ether oxygens (including phenoxy) is 9. The molecule has 2 aromatic carbocycles. The maximum Gasteiger partial charge on any atom is 0.297 e. The Kier molecular flexibility index (Phi) is 22.6. The van der Waals surface area contributed by atoms with Crippen molar-refractivity contribution in [1.82, 2.24) is 0 Å². The van der Waals surface area contributed by atoms with Crippen LogP contribution in [0.3, 0.4) is 0 Å². The molecule has 0 spiro atoms. The Morgan fingerprint density at radius 2 is 0.674 bits per heavy atom. The predicted octanol–water partition coefficient (Wildman–Crippen LogP) is 2.60. The van der Waals surface area contributed by atoms with Crippen molar-refractivity contribution < 1.29 is 55.2 Å². The van der Waals surface area contributed by atoms with E-state index in [0.717, 1.165) is 5.75 Å². The Labute approximate surface area is 255 Å². The minimum Gasteiger partial charge on any atom is -0.491 e. The van der Waals surface area contributed by atoms with E-state index in [1.807, 2.05) is 30.3 Å². The molecule has 12 nitrogen and oxygen atoms in total. The Bertz CT molecular complexity index is 979. The van der Waals surface area contributed by atoms with E-state index in [-0.39, 0.29) is 18.1 Å². The van der Waals surface area contributed by atoms with E-state index in [2.05, 4.69) is 0 Å². The summed E-state index contributed by atoms with van der Waals surface area (Å²) in [5.41, 5.74) is 0. The fourth-order valence-electron chi connectivity index (χ4n) is 3.23. The standard InChI is InChI=1S/C30H46O12S/c31-43(32,30-9-5-2-6-10-30)42-28-26-40-24-22-38-20-18-36-16-14-34-12-11-33-13-15-35-17-19-37-21-23-39-25-27-41-29-7-3-1-4-8-29/h1-10H,11-28H2. The topological polar surface area (TPSA) is 126 Å². The number of rotatable bonds is 30. The van der Waals surface area contributed by atoms with Crippen LogP contribution < -0.4 is 4.74 Å². The molecular formula is C30H46O12S. The van der Waals surface area contributed by atoms with Gasteiger partial charge in [0.1, 0.15) is 12.4 Å². The van der Waals surface area contributed by atoms with Crippen LogP contribution in [0.25, 0.3) is 0 Å². The van der Waals surface area contributed by atoms with Crippen molar-refractivity contribution >= 4 is 10.1 Å². The summed E-state index contributed by atoms with van der Waals surface area (Å²) < 4.78 is 77.8. The number of hydrogen-bond acceptors (Lipinski definition) is 12. The van der Waals surface area contributed by atoms with Crippen LogP contribution in [0.5, 0.6) is 5.75 Å². The van der Waals surface area contributed by atoms with Crippen LogP contribution >= 0.6 is 0 Å². The van der Waals surface area contributed by atoms with Crippen molar-refractivity contribution in [3.63, 3.8) is 0 Å². The molecule has 0 saturated carbocycles. The van der Waals surface area contributed by atoms with Crippen molar-refractivity contribution in [2.45, 2.75) is 4.90 Å². The molecule has 0 bridgehead atoms. The molecule has 0 amide bonds. The van der Waals surface area contributed by atoms with Gasteiger partial charge in [-0.15, -0.1) is 0 Å². The molecule has 2 aromatic rings. The molecule has 2 rings (SSSR count). The van der Waals surface area contributed by atoms with Crippen LogP contribution in [0.1, 0.15) is 0 Å². The molecule has 0 aliphatic heterocycles. The van der Waals surface area contributed by atoms with E-state index in [0.29, 0.717) is 106 Å². The highest BCUT2D eigenvalue weighted by atomic mass is 32.2. The quantitative estimate of drug-likeness (QED) is 0.0930. The van der Waals surface area contributed by atoms with Gasteiger partial charge in [-0.1, -0.05) is 36.4 Å². The first-order valence-electron chi connectivity index (χ1n) is 14.4. The van der Waals surface area contributed by atoms with Gasteiger partial charge in [-0.25, -0.2) is 0 Å². The van der Waals surface area contributed by atoms with Gasteiger partial charge >= 0.3 is 0 Å². The van der Waals surface area contributed by atoms with E-state index < -0.39 is 10.1 Å². The predicted molar refractivity (Wildman–Crippen MR) is 158 cm³/mol. The molecule has 13 heteroatoms. The zero-order chi connectivity index (χ0) is 30.5. The molecule has 0 radical (unpaired) electrons. The molecule has 0 aliphatic rings. The van der Waals surface area contributed by atoms with Crippen molar-refractivity contribution in [2.24, 2.45) is 0 Å². The number of hydrogen-bond donors (Lipinski definition) is 0. The summed E-state index contributed by atoms with van der Waals surface area (Å²) in [5, 5.41) is 0. The second-order valence-corrected chi connectivity index (χ2v) is 10.3. The second-order valence-electron chi connectivity index (χ2n) is 8.65. The third-order valence-electron chi connectivity index (χ3n) is 5.34. The minimum atomic E-state index is -3.75. The Morgan fingerprint density at radius 3 is 1.05 bits per heavy atom. The van der Waals surface area contributed by atoms with Gasteiger partial charge in [0.25, 0.3) is 10.1 Å². The monoisotopic (exact) mass is 630 g/mol. The van der Waals surface area contributed by atoms with Crippen molar-refractivity contribution in [1.29, 1.82) is 0 Å². The minimum absolute atomic E-state index is 0.0563. The van der Waals surface area contributed by atoms with E-state index in [1.54, 1.807) is 18.2 Å². The molecule has 0 fully saturated rings. The van der Waals surface area contributed by atoms with Crippen LogP contribution in [0, 0.1) is 0 Å². The smallest absolute Gasteiger partial charge is 0.297 e. The summed E-state index contributed by atoms with van der Waals surface area (Å²) in [5.74, 6) is 0.836. The van der Waals surface area contributed by atoms with Gasteiger partial charge in [0.15, 0.2) is 0 Å². The van der Waals surface area contributed by atoms with Gasteiger partial charge in [-0.05, 0) is 24.3 Å². The zero-order valence-electron chi connectivity index (χ0n) is 24.8. The maximum atomic E-state index is 12.0. The van der Waals surface area contributed by atoms with Crippen molar-refractivity contribution in [3.8, 4) is 5.75 Å². The molecule has 0 heterocycles. The molecule has 43 heavy (non-hydrogen) atoms. The molecule has 0 N–H and O–H groups in total. The van der Waals surface area contributed by atoms with E-state index in [1.165, 1.54) is 12.1 Å². The summed E-state index contributed by atoms with van der Waals surface area (Å²) >= 11 is 0. The zero-order valence-corrected chi connectivity index (χ0v) is 25.6. The number of benzene rings is 2. The van der Waals surface area contributed by atoms with Crippen molar-refractivity contribution in [2.75, 3.05) is 119 Å². The molecule has 0 atom stereocenters. The van der Waals surface area contributed by atoms with Gasteiger partial charge in [-0.2, -0.15) is 8.42 Å². The lowest BCUT2D eigenvalue weighted by Gasteiger charge is -2.09. The van der Waals surface area contributed by atoms with Crippen LogP contribution in [-0.2, 0) is 52.2 Å². The van der Waals surface area contributed by atoms with E-state index >= 15 is 0 Å². The Hall–Kier alpha value is -2.17. The average Bonchev–Trinajstić information content (AvgIpc) is 3.03. The van der Waals surface area contributed by atoms with Crippen LogP contribution in [0.2, 0.25) is 0 Å². The first-order valence-corrected chi connectivity index (χ1v) is 15.8. The summed E-state index contributed by atoms with van der Waals surface area (Å²) in [6, 6.07) is 17.6. The third-order valence-corrected chi connectivity index (χ3v) is 6.67. The van der Waals surface area contributed by atoms with Crippen LogP contribution in [0.15, 0.2) is 65.6 Å². The van der Waals surface area contributed by atoms with E-state index in [4.69, 9.17) is 46.8 Å². The first-order chi connectivity index (χ1) is 21.2. The maximum absolute atomic E-state index is 12.0. The van der Waals surface area contributed by atoms with Gasteiger partial charge in [0, 0.05) is 0 Å². The Balaban J connectivity index is 1.19. The van der Waals surface area contributed by atoms with Gasteiger partial charge < -0.3 is 42.6 Å². The highest BCUT2D eigenvalue weighted by Crippen LogP contribution is 2.11. The highest BCUT2D eigenvalue weighted by Gasteiger charge is 2.13. The Morgan fingerprint density at radius 1 is 0.372 bits per heavy atom. The molecule has 0 aromatic heterocycles. The average molecular weight is 631 g/mol. The fraction of sp³-hybridized carbons (Fsp3) is 0.600. The largest absolute Gasteiger partial charge is 0.491 e. The summed E-state index contributed by atoms with van der Waals surface area (Å²) in [4.78, 5) is 0.122. The van der Waals surface area contributed by atoms with Gasteiger partial charge in [0.2, 0.25) is 0 Å². The summed E-state index contributed by atoms with van der Waals surface area (Å²) in [7, 11) is -3.75. The lowest BCUT2D eigenvalue weighted by Crippen LogP contribution is -2.15. The lowest BCUT2D eigenvalue weighted by molar-refractivity contribution is -0.0240.